The van der Waals surface area contributed by atoms with Crippen molar-refractivity contribution in [3.63, 3.8) is 0 Å². The smallest absolute Gasteiger partial charge is 0.254 e. The molecular weight excluding hydrogens is 360 g/mol. The monoisotopic (exact) mass is 388 g/mol. The van der Waals surface area contributed by atoms with Crippen LogP contribution in [-0.2, 0) is 0 Å². The summed E-state index contributed by atoms with van der Waals surface area (Å²) in [6, 6.07) is 16.2. The number of amides is 1. The summed E-state index contributed by atoms with van der Waals surface area (Å²) in [6.45, 7) is 2.05. The number of carbonyl (C=O) groups is 1. The third-order valence-corrected chi connectivity index (χ3v) is 6.02. The van der Waals surface area contributed by atoms with Gasteiger partial charge in [-0.05, 0) is 62.2 Å². The van der Waals surface area contributed by atoms with Crippen molar-refractivity contribution < 1.29 is 9.53 Å². The number of benzene rings is 2. The number of aromatic nitrogens is 1. The first-order chi connectivity index (χ1) is 14.1. The number of nitrogens with zero attached hydrogens (tertiary/aromatic N) is 2. The van der Waals surface area contributed by atoms with Crippen LogP contribution in [0.1, 0.15) is 48.0 Å². The molecule has 150 valence electrons. The Hall–Kier alpha value is -2.88. The first-order valence-electron chi connectivity index (χ1n) is 10.4. The topological polar surface area (TPSA) is 42.4 Å². The summed E-state index contributed by atoms with van der Waals surface area (Å²) in [5, 5.41) is 0.926. The normalized spacial score (nSPS) is 14.7. The molecule has 0 unspecified atom stereocenters. The molecule has 0 bridgehead atoms. The van der Waals surface area contributed by atoms with Crippen LogP contribution in [-0.4, -0.2) is 36.0 Å². The van der Waals surface area contributed by atoms with Gasteiger partial charge in [0.25, 0.3) is 5.91 Å². The molecule has 2 aromatic carbocycles. The summed E-state index contributed by atoms with van der Waals surface area (Å²) in [5.41, 5.74) is 4.50. The molecule has 1 heterocycles. The second-order valence-electron chi connectivity index (χ2n) is 8.01. The number of fused-ring (bicyclic) bond motifs is 1. The fourth-order valence-corrected chi connectivity index (χ4v) is 4.25. The molecule has 0 radical (unpaired) electrons. The molecule has 0 aliphatic heterocycles. The second kappa shape index (κ2) is 8.24. The van der Waals surface area contributed by atoms with E-state index < -0.39 is 0 Å². The van der Waals surface area contributed by atoms with Crippen LogP contribution in [0.15, 0.2) is 48.5 Å². The SMILES string of the molecule is COc1ccc(-c2cc(C(=O)N(C)C3CCCCC3)c3cc(C)ccc3n2)cc1. The highest BCUT2D eigenvalue weighted by molar-refractivity contribution is 6.07. The quantitative estimate of drug-likeness (QED) is 0.582. The van der Waals surface area contributed by atoms with E-state index in [9.17, 15) is 4.79 Å². The molecule has 1 fully saturated rings. The van der Waals surface area contributed by atoms with E-state index in [1.807, 2.05) is 54.4 Å². The minimum absolute atomic E-state index is 0.0876. The van der Waals surface area contributed by atoms with Gasteiger partial charge in [-0.15, -0.1) is 0 Å². The molecule has 1 aromatic heterocycles. The highest BCUT2D eigenvalue weighted by Gasteiger charge is 2.25. The Morgan fingerprint density at radius 2 is 1.76 bits per heavy atom. The Bertz CT molecular complexity index is 1020. The fourth-order valence-electron chi connectivity index (χ4n) is 4.25. The summed E-state index contributed by atoms with van der Waals surface area (Å²) < 4.78 is 5.27. The highest BCUT2D eigenvalue weighted by Crippen LogP contribution is 2.29. The van der Waals surface area contributed by atoms with Gasteiger partial charge in [-0.2, -0.15) is 0 Å². The zero-order valence-corrected chi connectivity index (χ0v) is 17.4. The van der Waals surface area contributed by atoms with Crippen molar-refractivity contribution in [2.75, 3.05) is 14.2 Å². The third kappa shape index (κ3) is 3.98. The van der Waals surface area contributed by atoms with Crippen molar-refractivity contribution in [1.82, 2.24) is 9.88 Å². The third-order valence-electron chi connectivity index (χ3n) is 6.02. The van der Waals surface area contributed by atoms with Gasteiger partial charge < -0.3 is 9.64 Å². The van der Waals surface area contributed by atoms with Gasteiger partial charge in [0.1, 0.15) is 5.75 Å². The molecular formula is C25H28N2O2. The van der Waals surface area contributed by atoms with E-state index >= 15 is 0 Å². The number of carbonyl (C=O) groups excluding carboxylic acids is 1. The van der Waals surface area contributed by atoms with Crippen LogP contribution >= 0.6 is 0 Å². The lowest BCUT2D eigenvalue weighted by atomic mass is 9.93. The molecule has 0 spiro atoms. The van der Waals surface area contributed by atoms with E-state index in [0.29, 0.717) is 6.04 Å². The number of methoxy groups -OCH3 is 1. The average molecular weight is 389 g/mol. The van der Waals surface area contributed by atoms with Gasteiger partial charge in [0, 0.05) is 24.0 Å². The number of hydrogen-bond donors (Lipinski definition) is 0. The van der Waals surface area contributed by atoms with E-state index in [1.165, 1.54) is 19.3 Å². The Labute approximate surface area is 172 Å². The summed E-state index contributed by atoms with van der Waals surface area (Å²) >= 11 is 0. The lowest BCUT2D eigenvalue weighted by Crippen LogP contribution is -2.38. The van der Waals surface area contributed by atoms with Crippen molar-refractivity contribution in [3.8, 4) is 17.0 Å². The van der Waals surface area contributed by atoms with Crippen LogP contribution in [0.4, 0.5) is 0 Å². The molecule has 1 aliphatic carbocycles. The lowest BCUT2D eigenvalue weighted by molar-refractivity contribution is 0.0698. The number of aryl methyl sites for hydroxylation is 1. The Morgan fingerprint density at radius 3 is 2.45 bits per heavy atom. The first kappa shape index (κ1) is 19.4. The second-order valence-corrected chi connectivity index (χ2v) is 8.01. The molecule has 0 atom stereocenters. The molecule has 1 amide bonds. The summed E-state index contributed by atoms with van der Waals surface area (Å²) in [4.78, 5) is 20.3. The Balaban J connectivity index is 1.79. The number of ether oxygens (including phenoxy) is 1. The molecule has 4 heteroatoms. The maximum atomic E-state index is 13.5. The van der Waals surface area contributed by atoms with Gasteiger partial charge in [-0.1, -0.05) is 30.9 Å². The summed E-state index contributed by atoms with van der Waals surface area (Å²) in [7, 11) is 3.61. The van der Waals surface area contributed by atoms with Crippen molar-refractivity contribution in [2.45, 2.75) is 45.1 Å². The van der Waals surface area contributed by atoms with Crippen molar-refractivity contribution in [1.29, 1.82) is 0 Å². The largest absolute Gasteiger partial charge is 0.497 e. The fraction of sp³-hybridized carbons (Fsp3) is 0.360. The molecule has 1 aliphatic rings. The predicted octanol–water partition coefficient (Wildman–Crippen LogP) is 5.62. The summed E-state index contributed by atoms with van der Waals surface area (Å²) in [5.74, 6) is 0.892. The van der Waals surface area contributed by atoms with E-state index in [-0.39, 0.29) is 5.91 Å². The van der Waals surface area contributed by atoms with Crippen LogP contribution in [0.5, 0.6) is 5.75 Å². The Kier molecular flexibility index (Phi) is 5.52. The molecule has 0 N–H and O–H groups in total. The van der Waals surface area contributed by atoms with E-state index in [0.717, 1.165) is 51.9 Å². The van der Waals surface area contributed by atoms with Crippen LogP contribution < -0.4 is 4.74 Å². The average Bonchev–Trinajstić information content (AvgIpc) is 2.78. The maximum Gasteiger partial charge on any atom is 0.254 e. The van der Waals surface area contributed by atoms with Crippen molar-refractivity contribution in [3.05, 3.63) is 59.7 Å². The highest BCUT2D eigenvalue weighted by atomic mass is 16.5. The number of rotatable bonds is 4. The van der Waals surface area contributed by atoms with Crippen LogP contribution in [0.3, 0.4) is 0 Å². The molecule has 0 saturated heterocycles. The number of pyridine rings is 1. The number of hydrogen-bond acceptors (Lipinski definition) is 3. The Morgan fingerprint density at radius 1 is 1.03 bits per heavy atom. The van der Waals surface area contributed by atoms with Gasteiger partial charge in [0.15, 0.2) is 0 Å². The van der Waals surface area contributed by atoms with Crippen molar-refractivity contribution in [2.24, 2.45) is 0 Å². The minimum atomic E-state index is 0.0876. The van der Waals surface area contributed by atoms with Gasteiger partial charge >= 0.3 is 0 Å². The van der Waals surface area contributed by atoms with Gasteiger partial charge in [-0.25, -0.2) is 4.98 Å². The summed E-state index contributed by atoms with van der Waals surface area (Å²) in [6.07, 6.45) is 5.87. The maximum absolute atomic E-state index is 13.5. The van der Waals surface area contributed by atoms with E-state index in [2.05, 4.69) is 13.0 Å². The van der Waals surface area contributed by atoms with Gasteiger partial charge in [0.2, 0.25) is 0 Å². The van der Waals surface area contributed by atoms with Crippen LogP contribution in [0, 0.1) is 6.92 Å². The van der Waals surface area contributed by atoms with Crippen LogP contribution in [0.25, 0.3) is 22.2 Å². The molecule has 3 aromatic rings. The van der Waals surface area contributed by atoms with Gasteiger partial charge in [-0.3, -0.25) is 4.79 Å². The molecule has 29 heavy (non-hydrogen) atoms. The van der Waals surface area contributed by atoms with Crippen LogP contribution in [0.2, 0.25) is 0 Å². The standard InChI is InChI=1S/C25H28N2O2/c1-17-9-14-23-21(15-17)22(25(28)27(2)19-7-5-4-6-8-19)16-24(26-23)18-10-12-20(29-3)13-11-18/h9-16,19H,4-8H2,1-3H3. The predicted molar refractivity (Wildman–Crippen MR) is 117 cm³/mol. The van der Waals surface area contributed by atoms with E-state index in [4.69, 9.17) is 9.72 Å². The van der Waals surface area contributed by atoms with Crippen molar-refractivity contribution >= 4 is 16.8 Å². The molecule has 1 saturated carbocycles. The molecule has 4 rings (SSSR count). The minimum Gasteiger partial charge on any atom is -0.497 e. The zero-order chi connectivity index (χ0) is 20.4. The zero-order valence-electron chi connectivity index (χ0n) is 17.4. The van der Waals surface area contributed by atoms with E-state index in [1.54, 1.807) is 7.11 Å². The molecule has 4 nitrogen and oxygen atoms in total. The first-order valence-corrected chi connectivity index (χ1v) is 10.4. The van der Waals surface area contributed by atoms with Gasteiger partial charge in [0.05, 0.1) is 23.9 Å². The lowest BCUT2D eigenvalue weighted by Gasteiger charge is -2.31.